The number of pyridine rings is 1. The van der Waals surface area contributed by atoms with Crippen LogP contribution in [0, 0.1) is 5.92 Å². The highest BCUT2D eigenvalue weighted by atomic mass is 35.5. The van der Waals surface area contributed by atoms with Crippen LogP contribution in [0.1, 0.15) is 12.8 Å². The SMILES string of the molecule is Clc1cccnc1OCC1CCCN(c2ncccn2)C1. The highest BCUT2D eigenvalue weighted by molar-refractivity contribution is 6.31. The number of rotatable bonds is 4. The summed E-state index contributed by atoms with van der Waals surface area (Å²) in [5.74, 6) is 1.73. The third-order valence-corrected chi connectivity index (χ3v) is 3.82. The van der Waals surface area contributed by atoms with Crippen molar-refractivity contribution in [1.82, 2.24) is 15.0 Å². The topological polar surface area (TPSA) is 51.1 Å². The van der Waals surface area contributed by atoms with Gasteiger partial charge in [0, 0.05) is 37.6 Å². The van der Waals surface area contributed by atoms with Gasteiger partial charge in [-0.05, 0) is 31.0 Å². The minimum absolute atomic E-state index is 0.431. The van der Waals surface area contributed by atoms with Gasteiger partial charge in [-0.25, -0.2) is 15.0 Å². The molecule has 0 aromatic carbocycles. The van der Waals surface area contributed by atoms with Crippen LogP contribution in [0.4, 0.5) is 5.95 Å². The van der Waals surface area contributed by atoms with Crippen molar-refractivity contribution in [2.75, 3.05) is 24.6 Å². The zero-order valence-electron chi connectivity index (χ0n) is 11.7. The van der Waals surface area contributed by atoms with E-state index in [1.807, 2.05) is 6.07 Å². The van der Waals surface area contributed by atoms with Gasteiger partial charge in [0.1, 0.15) is 5.02 Å². The van der Waals surface area contributed by atoms with E-state index in [1.54, 1.807) is 30.7 Å². The van der Waals surface area contributed by atoms with E-state index in [1.165, 1.54) is 0 Å². The molecule has 1 saturated heterocycles. The van der Waals surface area contributed by atoms with Crippen molar-refractivity contribution in [3.05, 3.63) is 41.8 Å². The standard InChI is InChI=1S/C15H17ClN4O/c16-13-5-1-6-17-14(13)21-11-12-4-2-9-20(10-12)15-18-7-3-8-19-15/h1,3,5-8,12H,2,4,9-11H2. The monoisotopic (exact) mass is 304 g/mol. The van der Waals surface area contributed by atoms with E-state index in [0.717, 1.165) is 31.9 Å². The molecule has 1 unspecified atom stereocenters. The smallest absolute Gasteiger partial charge is 0.232 e. The van der Waals surface area contributed by atoms with E-state index in [-0.39, 0.29) is 0 Å². The highest BCUT2D eigenvalue weighted by Crippen LogP contribution is 2.24. The lowest BCUT2D eigenvalue weighted by atomic mass is 9.99. The number of piperidine rings is 1. The van der Waals surface area contributed by atoms with Crippen LogP contribution in [0.3, 0.4) is 0 Å². The van der Waals surface area contributed by atoms with E-state index < -0.39 is 0 Å². The Labute approximate surface area is 129 Å². The van der Waals surface area contributed by atoms with Gasteiger partial charge < -0.3 is 9.64 Å². The average Bonchev–Trinajstić information content (AvgIpc) is 2.55. The van der Waals surface area contributed by atoms with Gasteiger partial charge >= 0.3 is 0 Å². The molecule has 2 aromatic heterocycles. The minimum atomic E-state index is 0.431. The molecule has 3 rings (SSSR count). The maximum Gasteiger partial charge on any atom is 0.232 e. The van der Waals surface area contributed by atoms with Gasteiger partial charge in [-0.1, -0.05) is 11.6 Å². The number of nitrogens with zero attached hydrogens (tertiary/aromatic N) is 4. The Hall–Kier alpha value is -1.88. The van der Waals surface area contributed by atoms with Crippen molar-refractivity contribution in [2.45, 2.75) is 12.8 Å². The summed E-state index contributed by atoms with van der Waals surface area (Å²) in [6.07, 6.45) is 7.48. The summed E-state index contributed by atoms with van der Waals surface area (Å²) in [7, 11) is 0. The molecule has 6 heteroatoms. The first-order chi connectivity index (χ1) is 10.3. The predicted octanol–water partition coefficient (Wildman–Crippen LogP) is 2.82. The summed E-state index contributed by atoms with van der Waals surface area (Å²) in [4.78, 5) is 15.0. The molecule has 0 spiro atoms. The van der Waals surface area contributed by atoms with Crippen molar-refractivity contribution in [2.24, 2.45) is 5.92 Å². The average molecular weight is 305 g/mol. The Bertz CT molecular complexity index is 581. The number of halogens is 1. The molecule has 0 aliphatic carbocycles. The predicted molar refractivity (Wildman–Crippen MR) is 81.7 cm³/mol. The van der Waals surface area contributed by atoms with E-state index in [4.69, 9.17) is 16.3 Å². The fraction of sp³-hybridized carbons (Fsp3) is 0.400. The first-order valence-electron chi connectivity index (χ1n) is 7.08. The van der Waals surface area contributed by atoms with Crippen LogP contribution in [-0.4, -0.2) is 34.6 Å². The van der Waals surface area contributed by atoms with Crippen LogP contribution in [0.15, 0.2) is 36.8 Å². The summed E-state index contributed by atoms with van der Waals surface area (Å²) in [6, 6.07) is 5.41. The molecule has 5 nitrogen and oxygen atoms in total. The summed E-state index contributed by atoms with van der Waals surface area (Å²) < 4.78 is 5.75. The zero-order valence-corrected chi connectivity index (χ0v) is 12.4. The molecule has 21 heavy (non-hydrogen) atoms. The number of hydrogen-bond acceptors (Lipinski definition) is 5. The number of aromatic nitrogens is 3. The van der Waals surface area contributed by atoms with Gasteiger partial charge in [0.2, 0.25) is 11.8 Å². The van der Waals surface area contributed by atoms with E-state index in [9.17, 15) is 0 Å². The van der Waals surface area contributed by atoms with E-state index >= 15 is 0 Å². The molecule has 0 N–H and O–H groups in total. The Morgan fingerprint density at radius 3 is 2.81 bits per heavy atom. The van der Waals surface area contributed by atoms with E-state index in [2.05, 4.69) is 19.9 Å². The molecule has 1 fully saturated rings. The molecule has 3 heterocycles. The van der Waals surface area contributed by atoms with E-state index in [0.29, 0.717) is 23.4 Å². The fourth-order valence-corrected chi connectivity index (χ4v) is 2.69. The second kappa shape index (κ2) is 6.72. The molecule has 110 valence electrons. The molecule has 1 aliphatic heterocycles. The van der Waals surface area contributed by atoms with Crippen LogP contribution in [0.25, 0.3) is 0 Å². The lowest BCUT2D eigenvalue weighted by Gasteiger charge is -2.32. The second-order valence-electron chi connectivity index (χ2n) is 5.10. The molecule has 0 radical (unpaired) electrons. The Balaban J connectivity index is 1.58. The molecule has 0 bridgehead atoms. The molecule has 1 atom stereocenters. The Kier molecular flexibility index (Phi) is 4.50. The third kappa shape index (κ3) is 3.61. The van der Waals surface area contributed by atoms with Crippen molar-refractivity contribution >= 4 is 17.5 Å². The maximum absolute atomic E-state index is 6.05. The van der Waals surface area contributed by atoms with Crippen molar-refractivity contribution < 1.29 is 4.74 Å². The molecular formula is C15H17ClN4O. The number of ether oxygens (including phenoxy) is 1. The summed E-state index contributed by atoms with van der Waals surface area (Å²) in [6.45, 7) is 2.50. The molecule has 2 aromatic rings. The van der Waals surface area contributed by atoms with Crippen molar-refractivity contribution in [3.63, 3.8) is 0 Å². The molecule has 0 saturated carbocycles. The van der Waals surface area contributed by atoms with Gasteiger partial charge in [-0.3, -0.25) is 0 Å². The van der Waals surface area contributed by atoms with Crippen molar-refractivity contribution in [3.8, 4) is 5.88 Å². The molecular weight excluding hydrogens is 288 g/mol. The lowest BCUT2D eigenvalue weighted by molar-refractivity contribution is 0.221. The van der Waals surface area contributed by atoms with Gasteiger partial charge in [0.15, 0.2) is 0 Å². The van der Waals surface area contributed by atoms with Crippen LogP contribution in [0.2, 0.25) is 5.02 Å². The third-order valence-electron chi connectivity index (χ3n) is 3.53. The first kappa shape index (κ1) is 14.1. The fourth-order valence-electron chi connectivity index (χ4n) is 2.51. The van der Waals surface area contributed by atoms with Crippen molar-refractivity contribution in [1.29, 1.82) is 0 Å². The first-order valence-corrected chi connectivity index (χ1v) is 7.46. The quantitative estimate of drug-likeness (QED) is 0.869. The van der Waals surface area contributed by atoms with Gasteiger partial charge in [0.05, 0.1) is 6.61 Å². The van der Waals surface area contributed by atoms with Gasteiger partial charge in [-0.15, -0.1) is 0 Å². The second-order valence-corrected chi connectivity index (χ2v) is 5.51. The van der Waals surface area contributed by atoms with Crippen LogP contribution >= 0.6 is 11.6 Å². The lowest BCUT2D eigenvalue weighted by Crippen LogP contribution is -2.38. The Morgan fingerprint density at radius 2 is 2.00 bits per heavy atom. The van der Waals surface area contributed by atoms with Crippen LogP contribution < -0.4 is 9.64 Å². The largest absolute Gasteiger partial charge is 0.476 e. The normalized spacial score (nSPS) is 18.5. The highest BCUT2D eigenvalue weighted by Gasteiger charge is 2.22. The zero-order chi connectivity index (χ0) is 14.5. The summed E-state index contributed by atoms with van der Waals surface area (Å²) >= 11 is 6.05. The van der Waals surface area contributed by atoms with Crippen LogP contribution in [-0.2, 0) is 0 Å². The molecule has 0 amide bonds. The molecule has 1 aliphatic rings. The van der Waals surface area contributed by atoms with Gasteiger partial charge in [-0.2, -0.15) is 0 Å². The van der Waals surface area contributed by atoms with Crippen LogP contribution in [0.5, 0.6) is 5.88 Å². The maximum atomic E-state index is 6.05. The summed E-state index contributed by atoms with van der Waals surface area (Å²) in [5.41, 5.74) is 0. The minimum Gasteiger partial charge on any atom is -0.476 e. The Morgan fingerprint density at radius 1 is 1.19 bits per heavy atom. The van der Waals surface area contributed by atoms with Gasteiger partial charge in [0.25, 0.3) is 0 Å². The number of hydrogen-bond donors (Lipinski definition) is 0. The number of anilines is 1. The summed E-state index contributed by atoms with van der Waals surface area (Å²) in [5, 5.41) is 0.552.